The Labute approximate surface area is 194 Å². The Kier molecular flexibility index (Phi) is 6.01. The Morgan fingerprint density at radius 2 is 1.53 bits per heavy atom. The first kappa shape index (κ1) is 22.4. The highest BCUT2D eigenvalue weighted by Gasteiger charge is 2.24. The second-order valence-electron chi connectivity index (χ2n) is 8.61. The van der Waals surface area contributed by atoms with Crippen LogP contribution in [-0.2, 0) is 15.4 Å². The first-order valence-electron chi connectivity index (χ1n) is 10.4. The Morgan fingerprint density at radius 3 is 2.16 bits per heavy atom. The maximum absolute atomic E-state index is 13.7. The normalized spacial score (nSPS) is 12.6. The van der Waals surface area contributed by atoms with Crippen LogP contribution in [0.15, 0.2) is 82.6 Å². The van der Waals surface area contributed by atoms with Crippen LogP contribution in [-0.4, -0.2) is 23.6 Å². The maximum Gasteiger partial charge on any atom is 0.269 e. The van der Waals surface area contributed by atoms with Crippen molar-refractivity contribution < 1.29 is 8.42 Å². The Balaban J connectivity index is 1.81. The molecule has 0 atom stereocenters. The van der Waals surface area contributed by atoms with Crippen molar-refractivity contribution in [3.05, 3.63) is 89.7 Å². The van der Waals surface area contributed by atoms with Crippen molar-refractivity contribution in [1.29, 1.82) is 0 Å². The first-order valence-corrected chi connectivity index (χ1v) is 13.0. The molecule has 1 heterocycles. The molecule has 0 aliphatic carbocycles. The fraction of sp³-hybridized carbons (Fsp3) is 0.192. The van der Waals surface area contributed by atoms with Crippen LogP contribution >= 0.6 is 11.8 Å². The topological polar surface area (TPSA) is 52.0 Å². The number of imidazole rings is 1. The Bertz CT molecular complexity index is 1380. The summed E-state index contributed by atoms with van der Waals surface area (Å²) in [6, 6.07) is 22.5. The molecule has 4 aromatic rings. The van der Waals surface area contributed by atoms with E-state index in [4.69, 9.17) is 0 Å². The van der Waals surface area contributed by atoms with Crippen molar-refractivity contribution in [1.82, 2.24) is 8.96 Å². The number of thioether (sulfide) groups is 1. The Hall–Kier alpha value is -2.83. The predicted octanol–water partition coefficient (Wildman–Crippen LogP) is 6.46. The summed E-state index contributed by atoms with van der Waals surface area (Å²) in [5, 5.41) is 0. The van der Waals surface area contributed by atoms with Crippen LogP contribution in [0.2, 0.25) is 0 Å². The molecule has 0 bridgehead atoms. The van der Waals surface area contributed by atoms with Crippen LogP contribution in [0, 0.1) is 0 Å². The molecule has 0 amide bonds. The number of hydrogen-bond donors (Lipinski definition) is 0. The standard InChI is InChI=1S/C26H26N2O2S2/c1-26(2,3)20-12-16-22(17-13-20)32(29,30)28-24-8-6-5-7-23(24)27-25(28)18-11-19-9-14-21(31-4)15-10-19/h5-18H,1-4H3. The van der Waals surface area contributed by atoms with Crippen molar-refractivity contribution >= 4 is 45.0 Å². The van der Waals surface area contributed by atoms with E-state index in [-0.39, 0.29) is 10.3 Å². The van der Waals surface area contributed by atoms with Gasteiger partial charge in [0.15, 0.2) is 0 Å². The highest BCUT2D eigenvalue weighted by atomic mass is 32.2. The van der Waals surface area contributed by atoms with Crippen LogP contribution in [0.4, 0.5) is 0 Å². The van der Waals surface area contributed by atoms with Gasteiger partial charge in [-0.15, -0.1) is 11.8 Å². The van der Waals surface area contributed by atoms with Crippen molar-refractivity contribution in [2.24, 2.45) is 0 Å². The molecule has 0 fully saturated rings. The van der Waals surface area contributed by atoms with Gasteiger partial charge in [-0.25, -0.2) is 17.4 Å². The lowest BCUT2D eigenvalue weighted by Gasteiger charge is -2.19. The van der Waals surface area contributed by atoms with E-state index in [2.05, 4.69) is 25.8 Å². The van der Waals surface area contributed by atoms with Crippen LogP contribution < -0.4 is 0 Å². The summed E-state index contributed by atoms with van der Waals surface area (Å²) in [6.07, 6.45) is 5.68. The van der Waals surface area contributed by atoms with E-state index in [1.54, 1.807) is 36.0 Å². The van der Waals surface area contributed by atoms with Crippen molar-refractivity contribution in [3.8, 4) is 0 Å². The Morgan fingerprint density at radius 1 is 0.875 bits per heavy atom. The zero-order valence-corrected chi connectivity index (χ0v) is 20.2. The summed E-state index contributed by atoms with van der Waals surface area (Å²) in [5.41, 5.74) is 3.21. The van der Waals surface area contributed by atoms with Gasteiger partial charge in [-0.3, -0.25) is 0 Å². The highest BCUT2D eigenvalue weighted by Crippen LogP contribution is 2.27. The molecule has 0 aliphatic rings. The molecular formula is C26H26N2O2S2. The van der Waals surface area contributed by atoms with Gasteiger partial charge in [-0.2, -0.15) is 0 Å². The summed E-state index contributed by atoms with van der Waals surface area (Å²) in [7, 11) is -3.83. The number of aromatic nitrogens is 2. The third-order valence-corrected chi connectivity index (χ3v) is 7.82. The molecule has 4 nitrogen and oxygen atoms in total. The lowest BCUT2D eigenvalue weighted by atomic mass is 9.87. The molecule has 0 N–H and O–H groups in total. The third-order valence-electron chi connectivity index (χ3n) is 5.34. The summed E-state index contributed by atoms with van der Waals surface area (Å²) in [4.78, 5) is 6.02. The number of rotatable bonds is 5. The number of benzene rings is 3. The molecule has 0 spiro atoms. The molecule has 4 rings (SSSR count). The third kappa shape index (κ3) is 4.38. The van der Waals surface area contributed by atoms with Gasteiger partial charge in [0.2, 0.25) is 0 Å². The van der Waals surface area contributed by atoms with Gasteiger partial charge >= 0.3 is 0 Å². The maximum atomic E-state index is 13.7. The summed E-state index contributed by atoms with van der Waals surface area (Å²) in [5.74, 6) is 0.375. The second kappa shape index (κ2) is 8.60. The van der Waals surface area contributed by atoms with Crippen molar-refractivity contribution in [2.75, 3.05) is 6.26 Å². The van der Waals surface area contributed by atoms with E-state index < -0.39 is 10.0 Å². The second-order valence-corrected chi connectivity index (χ2v) is 11.3. The van der Waals surface area contributed by atoms with Crippen LogP contribution in [0.25, 0.3) is 23.2 Å². The molecule has 0 saturated heterocycles. The van der Waals surface area contributed by atoms with Crippen molar-refractivity contribution in [3.63, 3.8) is 0 Å². The molecule has 0 aliphatic heterocycles. The predicted molar refractivity (Wildman–Crippen MR) is 135 cm³/mol. The van der Waals surface area contributed by atoms with E-state index in [9.17, 15) is 8.42 Å². The average molecular weight is 463 g/mol. The number of nitrogens with zero attached hydrogens (tertiary/aromatic N) is 2. The van der Waals surface area contributed by atoms with Gasteiger partial charge in [-0.1, -0.05) is 63.2 Å². The lowest BCUT2D eigenvalue weighted by Crippen LogP contribution is -2.16. The highest BCUT2D eigenvalue weighted by molar-refractivity contribution is 7.98. The summed E-state index contributed by atoms with van der Waals surface area (Å²) >= 11 is 1.68. The summed E-state index contributed by atoms with van der Waals surface area (Å²) < 4.78 is 28.7. The molecule has 1 aromatic heterocycles. The molecule has 0 radical (unpaired) electrons. The smallest absolute Gasteiger partial charge is 0.228 e. The van der Waals surface area contributed by atoms with Gasteiger partial charge in [-0.05, 0) is 65.3 Å². The lowest BCUT2D eigenvalue weighted by molar-refractivity contribution is 0.583. The monoisotopic (exact) mass is 462 g/mol. The summed E-state index contributed by atoms with van der Waals surface area (Å²) in [6.45, 7) is 6.32. The molecule has 0 unspecified atom stereocenters. The number of para-hydroxylation sites is 2. The average Bonchev–Trinajstić information content (AvgIpc) is 3.17. The SMILES string of the molecule is CSc1ccc(C=Cc2nc3ccccc3n2S(=O)(=O)c2ccc(C(C)(C)C)cc2)cc1. The number of hydrogen-bond acceptors (Lipinski definition) is 4. The minimum Gasteiger partial charge on any atom is -0.228 e. The molecule has 164 valence electrons. The quantitative estimate of drug-likeness (QED) is 0.319. The zero-order valence-electron chi connectivity index (χ0n) is 18.6. The van der Waals surface area contributed by atoms with Gasteiger partial charge in [0.05, 0.1) is 15.9 Å². The molecule has 0 saturated carbocycles. The van der Waals surface area contributed by atoms with E-state index >= 15 is 0 Å². The molecule has 6 heteroatoms. The van der Waals surface area contributed by atoms with Crippen LogP contribution in [0.3, 0.4) is 0 Å². The van der Waals surface area contributed by atoms with Crippen LogP contribution in [0.5, 0.6) is 0 Å². The van der Waals surface area contributed by atoms with Gasteiger partial charge < -0.3 is 0 Å². The first-order chi connectivity index (χ1) is 15.2. The fourth-order valence-electron chi connectivity index (χ4n) is 3.50. The van der Waals surface area contributed by atoms with Crippen LogP contribution in [0.1, 0.15) is 37.7 Å². The minimum absolute atomic E-state index is 0.0519. The van der Waals surface area contributed by atoms with Gasteiger partial charge in [0.1, 0.15) is 5.82 Å². The minimum atomic E-state index is -3.83. The fourth-order valence-corrected chi connectivity index (χ4v) is 5.36. The van der Waals surface area contributed by atoms with Crippen molar-refractivity contribution in [2.45, 2.75) is 36.0 Å². The largest absolute Gasteiger partial charge is 0.269 e. The zero-order chi connectivity index (χ0) is 22.9. The van der Waals surface area contributed by atoms with E-state index in [1.165, 1.54) is 8.87 Å². The van der Waals surface area contributed by atoms with Gasteiger partial charge in [0, 0.05) is 4.90 Å². The molecular weight excluding hydrogens is 436 g/mol. The molecule has 3 aromatic carbocycles. The van der Waals surface area contributed by atoms with Gasteiger partial charge in [0.25, 0.3) is 10.0 Å². The van der Waals surface area contributed by atoms with E-state index in [0.29, 0.717) is 16.9 Å². The van der Waals surface area contributed by atoms with E-state index in [1.807, 2.05) is 66.9 Å². The molecule has 32 heavy (non-hydrogen) atoms. The number of fused-ring (bicyclic) bond motifs is 1. The van der Waals surface area contributed by atoms with E-state index in [0.717, 1.165) is 11.1 Å².